The largest absolute Gasteiger partial charge is 0.314 e. The van der Waals surface area contributed by atoms with Crippen molar-refractivity contribution in [2.24, 2.45) is 0 Å². The van der Waals surface area contributed by atoms with E-state index in [1.165, 1.54) is 94.0 Å². The molecule has 0 unspecified atom stereocenters. The Hall–Kier alpha value is -7.56. The highest BCUT2D eigenvalue weighted by molar-refractivity contribution is 6.12. The lowest BCUT2D eigenvalue weighted by molar-refractivity contribution is 0.886. The van der Waals surface area contributed by atoms with Crippen LogP contribution in [0.25, 0.3) is 95.5 Å². The molecule has 0 atom stereocenters. The van der Waals surface area contributed by atoms with Crippen molar-refractivity contribution in [2.75, 3.05) is 0 Å². The molecule has 6 aromatic carbocycles. The van der Waals surface area contributed by atoms with Gasteiger partial charge in [0, 0.05) is 68.0 Å². The monoisotopic (exact) mass is 768 g/mol. The highest BCUT2D eigenvalue weighted by Gasteiger charge is 2.29. The van der Waals surface area contributed by atoms with Gasteiger partial charge in [0.2, 0.25) is 0 Å². The number of para-hydroxylation sites is 5. The molecule has 0 saturated heterocycles. The molecule has 0 N–H and O–H groups in total. The molecular weight excluding hydrogens is 729 g/mol. The van der Waals surface area contributed by atoms with Gasteiger partial charge in [-0.1, -0.05) is 146 Å². The molecule has 0 bridgehead atoms. The summed E-state index contributed by atoms with van der Waals surface area (Å²) >= 11 is 0. The Kier molecular flexibility index (Phi) is 7.23. The van der Waals surface area contributed by atoms with Gasteiger partial charge < -0.3 is 18.3 Å². The molecule has 4 heteroatoms. The molecule has 13 rings (SSSR count). The van der Waals surface area contributed by atoms with Crippen LogP contribution in [0.3, 0.4) is 0 Å². The summed E-state index contributed by atoms with van der Waals surface area (Å²) in [7, 11) is 0. The standard InChI is InChI=1S/C56H40N4/c1-3-19-37-38-20-4-2-6-28-46(38)57(45(37)27-5-1)53-35-55(59-49-31-15-9-23-41(49)42-24-10-16-32-50(42)59)56(60-51-33-17-11-25-43(51)44-26-12-18-34-52(44)60)36-54(53)58-47-29-13-7-21-39(47)40-22-8-14-30-48(40)58/h1-7,9-21,23-26,29-36H,8,22,27-28H2. The molecular formula is C56H40N4. The first-order chi connectivity index (χ1) is 29.8. The van der Waals surface area contributed by atoms with Gasteiger partial charge in [-0.05, 0) is 66.9 Å². The van der Waals surface area contributed by atoms with Crippen molar-refractivity contribution < 1.29 is 0 Å². The minimum absolute atomic E-state index is 0.829. The second-order valence-corrected chi connectivity index (χ2v) is 16.3. The van der Waals surface area contributed by atoms with Crippen LogP contribution < -0.4 is 0 Å². The van der Waals surface area contributed by atoms with Crippen molar-refractivity contribution in [3.05, 3.63) is 210 Å². The molecule has 284 valence electrons. The number of nitrogens with zero attached hydrogens (tertiary/aromatic N) is 4. The van der Waals surface area contributed by atoms with Crippen molar-refractivity contribution in [1.29, 1.82) is 0 Å². The maximum atomic E-state index is 2.63. The first-order valence-corrected chi connectivity index (χ1v) is 21.2. The molecule has 0 radical (unpaired) electrons. The molecule has 0 aliphatic heterocycles. The lowest BCUT2D eigenvalue weighted by Crippen LogP contribution is -2.14. The number of aryl methyl sites for hydroxylation is 1. The molecule has 3 aliphatic rings. The highest BCUT2D eigenvalue weighted by atomic mass is 15.1. The number of allylic oxidation sites excluding steroid dienone is 7. The van der Waals surface area contributed by atoms with Gasteiger partial charge in [0.1, 0.15) is 0 Å². The van der Waals surface area contributed by atoms with E-state index in [1.54, 1.807) is 0 Å². The molecule has 60 heavy (non-hydrogen) atoms. The van der Waals surface area contributed by atoms with Crippen LogP contribution in [0.2, 0.25) is 0 Å². The van der Waals surface area contributed by atoms with Crippen LogP contribution in [0.1, 0.15) is 40.2 Å². The fourth-order valence-corrected chi connectivity index (χ4v) is 10.7. The van der Waals surface area contributed by atoms with Crippen LogP contribution in [0.15, 0.2) is 176 Å². The van der Waals surface area contributed by atoms with Crippen LogP contribution in [0.5, 0.6) is 0 Å². The van der Waals surface area contributed by atoms with Crippen LogP contribution in [0, 0.1) is 0 Å². The average molecular weight is 769 g/mol. The minimum Gasteiger partial charge on any atom is -0.314 e. The number of fused-ring (bicyclic) bond motifs is 12. The summed E-state index contributed by atoms with van der Waals surface area (Å²) in [4.78, 5) is 0. The quantitative estimate of drug-likeness (QED) is 0.170. The Labute approximate surface area is 347 Å². The van der Waals surface area contributed by atoms with Gasteiger partial charge in [0.15, 0.2) is 0 Å². The summed E-state index contributed by atoms with van der Waals surface area (Å²) in [6.07, 6.45) is 26.5. The van der Waals surface area contributed by atoms with Crippen LogP contribution in [-0.2, 0) is 19.3 Å². The SMILES string of the molecule is C1=CCc2c(c3c(n2-c2cc(-n4c5ccccc5c5ccccc54)c(-n4c5ccccc5c5ccccc54)cc2-n2c4c(c5ccccc52)CCC=C4)CC=CC=C3)C=C1. The Balaban J connectivity index is 1.28. The van der Waals surface area contributed by atoms with E-state index in [1.807, 2.05) is 0 Å². The Morgan fingerprint density at radius 3 is 1.23 bits per heavy atom. The molecule has 10 aromatic rings. The second-order valence-electron chi connectivity index (χ2n) is 16.3. The smallest absolute Gasteiger partial charge is 0.0725 e. The van der Waals surface area contributed by atoms with Crippen molar-refractivity contribution in [1.82, 2.24) is 18.3 Å². The van der Waals surface area contributed by atoms with E-state index >= 15 is 0 Å². The van der Waals surface area contributed by atoms with Gasteiger partial charge in [0.25, 0.3) is 0 Å². The summed E-state index contributed by atoms with van der Waals surface area (Å²) < 4.78 is 10.3. The Bertz CT molecular complexity index is 3450. The molecule has 0 amide bonds. The van der Waals surface area contributed by atoms with Gasteiger partial charge in [-0.15, -0.1) is 0 Å². The fourth-order valence-electron chi connectivity index (χ4n) is 10.7. The maximum absolute atomic E-state index is 2.63. The van der Waals surface area contributed by atoms with Gasteiger partial charge in [-0.3, -0.25) is 0 Å². The van der Waals surface area contributed by atoms with E-state index in [9.17, 15) is 0 Å². The average Bonchev–Trinajstić information content (AvgIpc) is 3.87. The molecule has 4 aromatic heterocycles. The van der Waals surface area contributed by atoms with Crippen molar-refractivity contribution in [3.63, 3.8) is 0 Å². The highest BCUT2D eigenvalue weighted by Crippen LogP contribution is 2.45. The number of hydrogen-bond donors (Lipinski definition) is 0. The van der Waals surface area contributed by atoms with Crippen molar-refractivity contribution >= 4 is 72.7 Å². The van der Waals surface area contributed by atoms with Crippen LogP contribution >= 0.6 is 0 Å². The summed E-state index contributed by atoms with van der Waals surface area (Å²) in [5.41, 5.74) is 18.5. The van der Waals surface area contributed by atoms with E-state index in [-0.39, 0.29) is 0 Å². The fraction of sp³-hybridized carbons (Fsp3) is 0.0714. The molecule has 3 aliphatic carbocycles. The number of benzene rings is 6. The van der Waals surface area contributed by atoms with E-state index in [2.05, 4.69) is 212 Å². The number of aromatic nitrogens is 4. The van der Waals surface area contributed by atoms with Gasteiger partial charge in [-0.25, -0.2) is 0 Å². The predicted molar refractivity (Wildman–Crippen MR) is 252 cm³/mol. The lowest BCUT2D eigenvalue weighted by atomic mass is 10.0. The Morgan fingerprint density at radius 1 is 0.350 bits per heavy atom. The lowest BCUT2D eigenvalue weighted by Gasteiger charge is -2.25. The summed E-state index contributed by atoms with van der Waals surface area (Å²) in [6.45, 7) is 0. The maximum Gasteiger partial charge on any atom is 0.0725 e. The number of hydrogen-bond acceptors (Lipinski definition) is 0. The molecule has 0 fully saturated rings. The second kappa shape index (κ2) is 13.0. The zero-order chi connectivity index (χ0) is 39.3. The van der Waals surface area contributed by atoms with E-state index in [4.69, 9.17) is 0 Å². The molecule has 4 heterocycles. The topological polar surface area (TPSA) is 19.7 Å². The third-order valence-corrected chi connectivity index (χ3v) is 13.1. The molecule has 4 nitrogen and oxygen atoms in total. The summed E-state index contributed by atoms with van der Waals surface area (Å²) in [5.74, 6) is 0. The third-order valence-electron chi connectivity index (χ3n) is 13.1. The van der Waals surface area contributed by atoms with E-state index in [0.29, 0.717) is 0 Å². The first kappa shape index (κ1) is 33.4. The van der Waals surface area contributed by atoms with Gasteiger partial charge >= 0.3 is 0 Å². The minimum atomic E-state index is 0.829. The van der Waals surface area contributed by atoms with E-state index < -0.39 is 0 Å². The third kappa shape index (κ3) is 4.67. The molecule has 0 saturated carbocycles. The normalized spacial score (nSPS) is 14.4. The zero-order valence-electron chi connectivity index (χ0n) is 33.1. The van der Waals surface area contributed by atoms with Crippen molar-refractivity contribution in [3.8, 4) is 22.7 Å². The van der Waals surface area contributed by atoms with Crippen molar-refractivity contribution in [2.45, 2.75) is 25.7 Å². The predicted octanol–water partition coefficient (Wildman–Crippen LogP) is 13.8. The van der Waals surface area contributed by atoms with Gasteiger partial charge in [0.05, 0.1) is 50.3 Å². The zero-order valence-corrected chi connectivity index (χ0v) is 33.1. The Morgan fingerprint density at radius 2 is 0.750 bits per heavy atom. The summed E-state index contributed by atoms with van der Waals surface area (Å²) in [5, 5.41) is 6.32. The van der Waals surface area contributed by atoms with Crippen LogP contribution in [-0.4, -0.2) is 18.3 Å². The van der Waals surface area contributed by atoms with Crippen LogP contribution in [0.4, 0.5) is 0 Å². The van der Waals surface area contributed by atoms with E-state index in [0.717, 1.165) is 42.7 Å². The first-order valence-electron chi connectivity index (χ1n) is 21.2. The number of rotatable bonds is 4. The summed E-state index contributed by atoms with van der Waals surface area (Å²) in [6, 6.07) is 49.7. The van der Waals surface area contributed by atoms with Gasteiger partial charge in [-0.2, -0.15) is 0 Å². The molecule has 0 spiro atoms.